The Kier molecular flexibility index (Phi) is 3.89. The van der Waals surface area contributed by atoms with E-state index < -0.39 is 22.3 Å². The molecule has 0 fully saturated rings. The maximum absolute atomic E-state index is 10.9. The van der Waals surface area contributed by atoms with Crippen LogP contribution >= 0.6 is 27.5 Å². The molecule has 0 amide bonds. The monoisotopic (exact) mass is 356 g/mol. The van der Waals surface area contributed by atoms with Crippen LogP contribution in [0, 0.1) is 0 Å². The standard InChI is InChI=1S/C10H10BrClO5S/c1-18(14,15)16-4-8-9(13)6-2-5(11)3-7(12)10(6)17-8/h2-3,8-9,13H,4H2,1H3. The van der Waals surface area contributed by atoms with Gasteiger partial charge in [0.2, 0.25) is 0 Å². The molecule has 1 aromatic rings. The Morgan fingerprint density at radius 2 is 2.22 bits per heavy atom. The molecule has 0 saturated carbocycles. The number of aliphatic hydroxyl groups excluding tert-OH is 1. The minimum Gasteiger partial charge on any atom is -0.483 e. The maximum atomic E-state index is 10.9. The fraction of sp³-hybridized carbons (Fsp3) is 0.400. The highest BCUT2D eigenvalue weighted by atomic mass is 79.9. The number of ether oxygens (including phenoxy) is 1. The fourth-order valence-corrected chi connectivity index (χ4v) is 2.92. The first kappa shape index (κ1) is 14.1. The quantitative estimate of drug-likeness (QED) is 0.836. The topological polar surface area (TPSA) is 72.8 Å². The SMILES string of the molecule is CS(=O)(=O)OCC1Oc2c(Cl)cc(Br)cc2C1O. The van der Waals surface area contributed by atoms with E-state index in [4.69, 9.17) is 16.3 Å². The van der Waals surface area contributed by atoms with E-state index in [9.17, 15) is 13.5 Å². The third-order valence-corrected chi connectivity index (χ3v) is 3.73. The molecule has 0 saturated heterocycles. The van der Waals surface area contributed by atoms with Gasteiger partial charge in [0.05, 0.1) is 11.3 Å². The summed E-state index contributed by atoms with van der Waals surface area (Å²) in [6.45, 7) is -0.261. The second-order valence-corrected chi connectivity index (χ2v) is 6.86. The molecule has 1 aliphatic heterocycles. The minimum atomic E-state index is -3.57. The summed E-state index contributed by atoms with van der Waals surface area (Å²) >= 11 is 9.23. The van der Waals surface area contributed by atoms with Crippen LogP contribution in [0.4, 0.5) is 0 Å². The molecule has 2 rings (SSSR count). The van der Waals surface area contributed by atoms with Gasteiger partial charge < -0.3 is 9.84 Å². The van der Waals surface area contributed by atoms with Crippen molar-refractivity contribution in [2.75, 3.05) is 12.9 Å². The zero-order valence-electron chi connectivity index (χ0n) is 9.26. The van der Waals surface area contributed by atoms with Gasteiger partial charge >= 0.3 is 0 Å². The molecule has 18 heavy (non-hydrogen) atoms. The van der Waals surface area contributed by atoms with Crippen LogP contribution in [-0.2, 0) is 14.3 Å². The number of hydrogen-bond donors (Lipinski definition) is 1. The first-order valence-electron chi connectivity index (χ1n) is 4.96. The summed E-state index contributed by atoms with van der Waals surface area (Å²) in [4.78, 5) is 0. The van der Waals surface area contributed by atoms with Crippen molar-refractivity contribution in [2.24, 2.45) is 0 Å². The number of halogens is 2. The summed E-state index contributed by atoms with van der Waals surface area (Å²) in [5.74, 6) is 0.356. The summed E-state index contributed by atoms with van der Waals surface area (Å²) in [5, 5.41) is 10.4. The average molecular weight is 358 g/mol. The third kappa shape index (κ3) is 2.97. The molecule has 1 heterocycles. The smallest absolute Gasteiger partial charge is 0.264 e. The summed E-state index contributed by atoms with van der Waals surface area (Å²) < 4.78 is 32.5. The average Bonchev–Trinajstić information content (AvgIpc) is 2.53. The Labute approximate surface area is 118 Å². The van der Waals surface area contributed by atoms with Crippen molar-refractivity contribution in [3.05, 3.63) is 27.2 Å². The lowest BCUT2D eigenvalue weighted by Crippen LogP contribution is -2.26. The van der Waals surface area contributed by atoms with Gasteiger partial charge in [-0.05, 0) is 12.1 Å². The molecule has 1 N–H and O–H groups in total. The van der Waals surface area contributed by atoms with Gasteiger partial charge in [-0.25, -0.2) is 0 Å². The van der Waals surface area contributed by atoms with Crippen LogP contribution in [0.25, 0.3) is 0 Å². The van der Waals surface area contributed by atoms with Gasteiger partial charge in [-0.1, -0.05) is 27.5 Å². The van der Waals surface area contributed by atoms with Crippen molar-refractivity contribution < 1.29 is 22.4 Å². The molecule has 100 valence electrons. The second-order valence-electron chi connectivity index (χ2n) is 3.90. The van der Waals surface area contributed by atoms with Crippen LogP contribution in [0.5, 0.6) is 5.75 Å². The highest BCUT2D eigenvalue weighted by Crippen LogP contribution is 2.43. The zero-order valence-corrected chi connectivity index (χ0v) is 12.4. The van der Waals surface area contributed by atoms with E-state index in [1.807, 2.05) is 0 Å². The Hall–Kier alpha value is -0.340. The van der Waals surface area contributed by atoms with E-state index in [0.29, 0.717) is 20.8 Å². The van der Waals surface area contributed by atoms with Crippen LogP contribution in [0.15, 0.2) is 16.6 Å². The highest BCUT2D eigenvalue weighted by molar-refractivity contribution is 9.10. The van der Waals surface area contributed by atoms with Crippen LogP contribution in [0.3, 0.4) is 0 Å². The van der Waals surface area contributed by atoms with Crippen molar-refractivity contribution in [3.8, 4) is 5.75 Å². The van der Waals surface area contributed by atoms with Crippen LogP contribution < -0.4 is 4.74 Å². The first-order chi connectivity index (χ1) is 8.28. The number of hydrogen-bond acceptors (Lipinski definition) is 5. The van der Waals surface area contributed by atoms with Gasteiger partial charge in [0.15, 0.2) is 6.10 Å². The van der Waals surface area contributed by atoms with Crippen LogP contribution in [0.2, 0.25) is 5.02 Å². The molecule has 0 radical (unpaired) electrons. The van der Waals surface area contributed by atoms with E-state index in [0.717, 1.165) is 6.26 Å². The van der Waals surface area contributed by atoms with Crippen LogP contribution in [-0.4, -0.2) is 32.5 Å². The van der Waals surface area contributed by atoms with Gasteiger partial charge in [-0.3, -0.25) is 4.18 Å². The molecule has 8 heteroatoms. The Morgan fingerprint density at radius 3 is 2.83 bits per heavy atom. The van der Waals surface area contributed by atoms with E-state index in [1.54, 1.807) is 12.1 Å². The highest BCUT2D eigenvalue weighted by Gasteiger charge is 2.35. The van der Waals surface area contributed by atoms with E-state index in [1.165, 1.54) is 0 Å². The Balaban J connectivity index is 2.20. The van der Waals surface area contributed by atoms with Gasteiger partial charge in [0, 0.05) is 10.0 Å². The maximum Gasteiger partial charge on any atom is 0.264 e. The van der Waals surface area contributed by atoms with Crippen molar-refractivity contribution in [2.45, 2.75) is 12.2 Å². The van der Waals surface area contributed by atoms with Gasteiger partial charge in [0.25, 0.3) is 10.1 Å². The number of rotatable bonds is 3. The molecule has 0 aliphatic carbocycles. The van der Waals surface area contributed by atoms with E-state index >= 15 is 0 Å². The number of aliphatic hydroxyl groups is 1. The predicted molar refractivity (Wildman–Crippen MR) is 69.3 cm³/mol. The largest absolute Gasteiger partial charge is 0.483 e. The molecule has 1 aromatic carbocycles. The third-order valence-electron chi connectivity index (χ3n) is 2.42. The summed E-state index contributed by atoms with van der Waals surface area (Å²) in [7, 11) is -3.57. The van der Waals surface area contributed by atoms with Crippen molar-refractivity contribution in [1.82, 2.24) is 0 Å². The van der Waals surface area contributed by atoms with E-state index in [-0.39, 0.29) is 6.61 Å². The van der Waals surface area contributed by atoms with Gasteiger partial charge in [-0.2, -0.15) is 8.42 Å². The molecule has 2 unspecified atom stereocenters. The molecule has 0 spiro atoms. The van der Waals surface area contributed by atoms with Crippen molar-refractivity contribution in [1.29, 1.82) is 0 Å². The zero-order chi connectivity index (χ0) is 13.5. The molecule has 2 atom stereocenters. The summed E-state index contributed by atoms with van der Waals surface area (Å²) in [6, 6.07) is 3.30. The van der Waals surface area contributed by atoms with Gasteiger partial charge in [-0.15, -0.1) is 0 Å². The molecule has 1 aliphatic rings. The molecule has 0 bridgehead atoms. The Bertz CT molecular complexity index is 574. The van der Waals surface area contributed by atoms with Crippen molar-refractivity contribution in [3.63, 3.8) is 0 Å². The predicted octanol–water partition coefficient (Wildman–Crippen LogP) is 1.87. The van der Waals surface area contributed by atoms with Crippen LogP contribution in [0.1, 0.15) is 11.7 Å². The molecular weight excluding hydrogens is 348 g/mol. The lowest BCUT2D eigenvalue weighted by molar-refractivity contribution is 0.0370. The lowest BCUT2D eigenvalue weighted by atomic mass is 10.1. The normalized spacial score (nSPS) is 22.7. The van der Waals surface area contributed by atoms with Gasteiger partial charge in [0.1, 0.15) is 18.5 Å². The molecule has 5 nitrogen and oxygen atoms in total. The summed E-state index contributed by atoms with van der Waals surface area (Å²) in [5.41, 5.74) is 0.511. The number of benzene rings is 1. The molecule has 0 aromatic heterocycles. The molecular formula is C10H10BrClO5S. The second kappa shape index (κ2) is 4.97. The number of fused-ring (bicyclic) bond motifs is 1. The van der Waals surface area contributed by atoms with E-state index in [2.05, 4.69) is 20.1 Å². The first-order valence-corrected chi connectivity index (χ1v) is 7.95. The fourth-order valence-electron chi connectivity index (χ4n) is 1.66. The minimum absolute atomic E-state index is 0.261. The Morgan fingerprint density at radius 1 is 1.56 bits per heavy atom. The summed E-state index contributed by atoms with van der Waals surface area (Å²) in [6.07, 6.45) is -0.830. The van der Waals surface area contributed by atoms with Crippen molar-refractivity contribution >= 4 is 37.6 Å². The lowest BCUT2D eigenvalue weighted by Gasteiger charge is -2.13.